The highest BCUT2D eigenvalue weighted by atomic mass is 15.2. The van der Waals surface area contributed by atoms with E-state index in [1.54, 1.807) is 0 Å². The zero-order valence-electron chi connectivity index (χ0n) is 45.6. The van der Waals surface area contributed by atoms with E-state index in [0.717, 1.165) is 56.2 Å². The molecule has 0 unspecified atom stereocenters. The molecular formula is C80H55N3. The summed E-state index contributed by atoms with van der Waals surface area (Å²) in [6.07, 6.45) is 0. The molecule has 13 aromatic carbocycles. The van der Waals surface area contributed by atoms with Gasteiger partial charge in [0.25, 0.3) is 0 Å². The van der Waals surface area contributed by atoms with Crippen LogP contribution in [0.3, 0.4) is 0 Å². The monoisotopic (exact) mass is 1060 g/mol. The minimum atomic E-state index is -0.602. The van der Waals surface area contributed by atoms with Crippen molar-refractivity contribution in [3.63, 3.8) is 0 Å². The van der Waals surface area contributed by atoms with Gasteiger partial charge in [-0.25, -0.2) is 0 Å². The molecule has 0 atom stereocenters. The van der Waals surface area contributed by atoms with Crippen LogP contribution >= 0.6 is 0 Å². The molecule has 1 aromatic heterocycles. The molecule has 0 fully saturated rings. The van der Waals surface area contributed by atoms with Crippen LogP contribution in [-0.4, -0.2) is 4.57 Å². The van der Waals surface area contributed by atoms with Crippen LogP contribution < -0.4 is 9.80 Å². The normalized spacial score (nSPS) is 13.3. The van der Waals surface area contributed by atoms with E-state index in [0.29, 0.717) is 0 Å². The number of hydrogen-bond donors (Lipinski definition) is 0. The molecule has 0 radical (unpaired) electrons. The van der Waals surface area contributed by atoms with E-state index in [1.165, 1.54) is 72.1 Å². The quantitative estimate of drug-likeness (QED) is 0.128. The van der Waals surface area contributed by atoms with Crippen molar-refractivity contribution in [2.45, 2.75) is 10.8 Å². The van der Waals surface area contributed by atoms with Gasteiger partial charge < -0.3 is 14.4 Å². The molecule has 2 aliphatic carbocycles. The Hall–Kier alpha value is -10.7. The van der Waals surface area contributed by atoms with Crippen LogP contribution in [0.1, 0.15) is 44.5 Å². The third kappa shape index (κ3) is 7.31. The van der Waals surface area contributed by atoms with Crippen LogP contribution in [0.25, 0.3) is 49.7 Å². The number of anilines is 6. The fourth-order valence-corrected chi connectivity index (χ4v) is 14.4. The van der Waals surface area contributed by atoms with Gasteiger partial charge in [0.15, 0.2) is 0 Å². The van der Waals surface area contributed by atoms with E-state index >= 15 is 0 Å². The number of para-hydroxylation sites is 4. The topological polar surface area (TPSA) is 11.4 Å². The Morgan fingerprint density at radius 2 is 0.614 bits per heavy atom. The lowest BCUT2D eigenvalue weighted by atomic mass is 9.67. The van der Waals surface area contributed by atoms with E-state index < -0.39 is 10.8 Å². The van der Waals surface area contributed by atoms with Crippen LogP contribution in [0.2, 0.25) is 0 Å². The molecule has 0 bridgehead atoms. The molecule has 3 heteroatoms. The fourth-order valence-electron chi connectivity index (χ4n) is 14.4. The first-order valence-corrected chi connectivity index (χ1v) is 28.8. The predicted molar refractivity (Wildman–Crippen MR) is 345 cm³/mol. The van der Waals surface area contributed by atoms with E-state index in [4.69, 9.17) is 0 Å². The maximum absolute atomic E-state index is 2.52. The number of rotatable bonds is 11. The molecule has 0 spiro atoms. The van der Waals surface area contributed by atoms with Gasteiger partial charge >= 0.3 is 0 Å². The molecule has 0 amide bonds. The third-order valence-electron chi connectivity index (χ3n) is 17.7. The first-order valence-electron chi connectivity index (χ1n) is 28.8. The van der Waals surface area contributed by atoms with Gasteiger partial charge in [-0.05, 0) is 146 Å². The smallest absolute Gasteiger partial charge is 0.0783 e. The van der Waals surface area contributed by atoms with Crippen LogP contribution in [0, 0.1) is 0 Å². The van der Waals surface area contributed by atoms with Gasteiger partial charge in [-0.2, -0.15) is 0 Å². The number of nitrogens with zero attached hydrogens (tertiary/aromatic N) is 3. The molecular weight excluding hydrogens is 1000 g/mol. The van der Waals surface area contributed by atoms with Gasteiger partial charge in [0.1, 0.15) is 0 Å². The second-order valence-electron chi connectivity index (χ2n) is 21.9. The van der Waals surface area contributed by atoms with Crippen LogP contribution in [0.5, 0.6) is 0 Å². The SMILES string of the molecule is c1ccc(N(c2ccc3c(c2)C(c2ccccc2)(c2ccccc2)c2ccccc2-3)c2cc(N(c3ccccc3)c3ccc4c(c3)C(c3ccccc3)(c3ccccc3)c3ccccc3-4)c3c(c2)c2ccccc2n3-c2ccccc2)cc1. The molecule has 390 valence electrons. The maximum Gasteiger partial charge on any atom is 0.0783 e. The largest absolute Gasteiger partial charge is 0.310 e. The lowest BCUT2D eigenvalue weighted by molar-refractivity contribution is 0.768. The molecule has 83 heavy (non-hydrogen) atoms. The predicted octanol–water partition coefficient (Wildman–Crippen LogP) is 20.4. The van der Waals surface area contributed by atoms with Gasteiger partial charge in [0, 0.05) is 44.9 Å². The highest BCUT2D eigenvalue weighted by molar-refractivity contribution is 6.16. The highest BCUT2D eigenvalue weighted by Crippen LogP contribution is 2.60. The molecule has 0 saturated carbocycles. The molecule has 1 heterocycles. The van der Waals surface area contributed by atoms with Gasteiger partial charge in [-0.3, -0.25) is 0 Å². The molecule has 14 aromatic rings. The summed E-state index contributed by atoms with van der Waals surface area (Å²) in [5.41, 5.74) is 23.4. The van der Waals surface area contributed by atoms with E-state index in [2.05, 4.69) is 348 Å². The average molecular weight is 1060 g/mol. The van der Waals surface area contributed by atoms with Crippen LogP contribution in [-0.2, 0) is 10.8 Å². The summed E-state index contributed by atoms with van der Waals surface area (Å²) in [6.45, 7) is 0. The number of fused-ring (bicyclic) bond motifs is 9. The highest BCUT2D eigenvalue weighted by Gasteiger charge is 2.48. The minimum absolute atomic E-state index is 0.586. The van der Waals surface area contributed by atoms with Gasteiger partial charge in [-0.1, -0.05) is 255 Å². The summed E-state index contributed by atoms with van der Waals surface area (Å²) in [4.78, 5) is 5.01. The summed E-state index contributed by atoms with van der Waals surface area (Å²) >= 11 is 0. The Balaban J connectivity index is 1.01. The number of benzene rings is 13. The van der Waals surface area contributed by atoms with Crippen molar-refractivity contribution in [2.75, 3.05) is 9.80 Å². The van der Waals surface area contributed by atoms with Crippen molar-refractivity contribution < 1.29 is 0 Å². The first-order chi connectivity index (χ1) is 41.2. The molecule has 0 saturated heterocycles. The van der Waals surface area contributed by atoms with E-state index in [9.17, 15) is 0 Å². The summed E-state index contributed by atoms with van der Waals surface area (Å²) in [5.74, 6) is 0. The fraction of sp³-hybridized carbons (Fsp3) is 0.0250. The minimum Gasteiger partial charge on any atom is -0.310 e. The van der Waals surface area contributed by atoms with Crippen molar-refractivity contribution in [3.8, 4) is 27.9 Å². The molecule has 3 nitrogen and oxygen atoms in total. The molecule has 2 aliphatic rings. The first kappa shape index (κ1) is 48.2. The van der Waals surface area contributed by atoms with Crippen molar-refractivity contribution >= 4 is 55.9 Å². The summed E-state index contributed by atoms with van der Waals surface area (Å²) in [7, 11) is 0. The van der Waals surface area contributed by atoms with E-state index in [1.807, 2.05) is 0 Å². The standard InChI is InChI=1S/C80H55N3/c1-8-28-56(29-9-1)79(57-30-10-2-11-31-57)72-45-25-22-42-66(72)68-50-48-63(53-74(68)79)81(60-36-16-5-17-37-60)65-52-71-70-44-24-27-47-76(70)83(62-40-20-7-21-41-62)78(71)77(55-65)82(61-38-18-6-19-39-61)64-49-51-69-67-43-23-26-46-73(67)80(75(69)54-64,58-32-12-3-13-33-58)59-34-14-4-15-35-59/h1-55H. The molecule has 16 rings (SSSR count). The van der Waals surface area contributed by atoms with E-state index in [-0.39, 0.29) is 0 Å². The zero-order valence-corrected chi connectivity index (χ0v) is 45.6. The molecule has 0 N–H and O–H groups in total. The Labute approximate surface area is 484 Å². The second kappa shape index (κ2) is 19.5. The Kier molecular flexibility index (Phi) is 11.3. The third-order valence-corrected chi connectivity index (χ3v) is 17.7. The Morgan fingerprint density at radius 3 is 1.10 bits per heavy atom. The van der Waals surface area contributed by atoms with Crippen molar-refractivity contribution in [3.05, 3.63) is 378 Å². The lowest BCUT2D eigenvalue weighted by Gasteiger charge is -2.35. The summed E-state index contributed by atoms with van der Waals surface area (Å²) < 4.78 is 2.48. The Morgan fingerprint density at radius 1 is 0.241 bits per heavy atom. The zero-order chi connectivity index (χ0) is 54.9. The summed E-state index contributed by atoms with van der Waals surface area (Å²) in [6, 6.07) is 124. The van der Waals surface area contributed by atoms with Gasteiger partial charge in [0.05, 0.1) is 27.6 Å². The average Bonchev–Trinajstić information content (AvgIpc) is 3.54. The van der Waals surface area contributed by atoms with Crippen molar-refractivity contribution in [2.24, 2.45) is 0 Å². The van der Waals surface area contributed by atoms with Crippen LogP contribution in [0.15, 0.2) is 334 Å². The number of hydrogen-bond acceptors (Lipinski definition) is 2. The summed E-state index contributed by atoms with van der Waals surface area (Å²) in [5, 5.41) is 2.32. The Bertz CT molecular complexity index is 4630. The maximum atomic E-state index is 2.52. The van der Waals surface area contributed by atoms with Crippen LogP contribution in [0.4, 0.5) is 34.1 Å². The second-order valence-corrected chi connectivity index (χ2v) is 21.9. The van der Waals surface area contributed by atoms with Gasteiger partial charge in [0.2, 0.25) is 0 Å². The van der Waals surface area contributed by atoms with Crippen molar-refractivity contribution in [1.82, 2.24) is 4.57 Å². The van der Waals surface area contributed by atoms with Gasteiger partial charge in [-0.15, -0.1) is 0 Å². The molecule has 0 aliphatic heterocycles. The van der Waals surface area contributed by atoms with Crippen molar-refractivity contribution in [1.29, 1.82) is 0 Å². The lowest BCUT2D eigenvalue weighted by Crippen LogP contribution is -2.28. The number of aromatic nitrogens is 1.